The molecule has 1 aromatic rings. The number of carbonyl (C=O) groups excluding carboxylic acids is 1. The van der Waals surface area contributed by atoms with Gasteiger partial charge in [-0.05, 0) is 26.1 Å². The van der Waals surface area contributed by atoms with E-state index < -0.39 is 0 Å². The quantitative estimate of drug-likeness (QED) is 0.852. The molecule has 5 nitrogen and oxygen atoms in total. The summed E-state index contributed by atoms with van der Waals surface area (Å²) in [6.07, 6.45) is 3.40. The Kier molecular flexibility index (Phi) is 4.28. The highest BCUT2D eigenvalue weighted by Crippen LogP contribution is 2.21. The average Bonchev–Trinajstić information content (AvgIpc) is 2.89. The summed E-state index contributed by atoms with van der Waals surface area (Å²) in [6, 6.07) is 3.81. The zero-order chi connectivity index (χ0) is 13.0. The molecule has 0 bridgehead atoms. The molecule has 1 amide bonds. The molecule has 1 aliphatic heterocycles. The molecule has 0 spiro atoms. The van der Waals surface area contributed by atoms with Gasteiger partial charge in [0.05, 0.1) is 19.1 Å². The predicted molar refractivity (Wildman–Crippen MR) is 69.4 cm³/mol. The van der Waals surface area contributed by atoms with Crippen molar-refractivity contribution in [1.82, 2.24) is 10.3 Å². The third kappa shape index (κ3) is 2.52. The smallest absolute Gasteiger partial charge is 0.234 e. The molecule has 5 heteroatoms. The van der Waals surface area contributed by atoms with Gasteiger partial charge >= 0.3 is 0 Å². The number of likely N-dealkylation sites (N-methyl/N-ethyl adjacent to an activating group) is 1. The molecule has 98 valence electrons. The lowest BCUT2D eigenvalue weighted by atomic mass is 10.0. The van der Waals surface area contributed by atoms with Gasteiger partial charge in [-0.3, -0.25) is 9.78 Å². The minimum Gasteiger partial charge on any atom is -0.379 e. The van der Waals surface area contributed by atoms with Gasteiger partial charge in [-0.2, -0.15) is 0 Å². The molecule has 2 heterocycles. The van der Waals surface area contributed by atoms with Crippen LogP contribution < -0.4 is 10.2 Å². The van der Waals surface area contributed by atoms with Crippen LogP contribution in [0.15, 0.2) is 24.5 Å². The number of carbonyl (C=O) groups is 1. The van der Waals surface area contributed by atoms with Gasteiger partial charge in [-0.25, -0.2) is 0 Å². The number of hydrogen-bond donors (Lipinski definition) is 1. The highest BCUT2D eigenvalue weighted by Gasteiger charge is 2.35. The van der Waals surface area contributed by atoms with Gasteiger partial charge in [0.25, 0.3) is 0 Å². The van der Waals surface area contributed by atoms with Gasteiger partial charge in [0, 0.05) is 30.7 Å². The number of amides is 1. The Morgan fingerprint density at radius 2 is 2.22 bits per heavy atom. The Labute approximate surface area is 107 Å². The summed E-state index contributed by atoms with van der Waals surface area (Å²) < 4.78 is 5.39. The molecule has 0 saturated carbocycles. The van der Waals surface area contributed by atoms with Crippen molar-refractivity contribution < 1.29 is 9.53 Å². The summed E-state index contributed by atoms with van der Waals surface area (Å²) >= 11 is 0. The van der Waals surface area contributed by atoms with E-state index in [2.05, 4.69) is 10.3 Å². The SMILES string of the molecule is CCN(C(=O)C1COCC1NC)c1ccncc1. The molecule has 0 aromatic carbocycles. The second-order valence-electron chi connectivity index (χ2n) is 4.33. The van der Waals surface area contributed by atoms with Gasteiger partial charge in [0.2, 0.25) is 5.91 Å². The molecule has 2 atom stereocenters. The van der Waals surface area contributed by atoms with E-state index in [0.29, 0.717) is 19.8 Å². The largest absolute Gasteiger partial charge is 0.379 e. The van der Waals surface area contributed by atoms with E-state index in [9.17, 15) is 4.79 Å². The maximum atomic E-state index is 12.5. The summed E-state index contributed by atoms with van der Waals surface area (Å²) in [5.41, 5.74) is 0.888. The normalized spacial score (nSPS) is 23.0. The number of ether oxygens (including phenoxy) is 1. The fourth-order valence-electron chi connectivity index (χ4n) is 2.27. The van der Waals surface area contributed by atoms with E-state index in [1.165, 1.54) is 0 Å². The third-order valence-corrected chi connectivity index (χ3v) is 3.33. The van der Waals surface area contributed by atoms with Crippen molar-refractivity contribution in [2.24, 2.45) is 5.92 Å². The first kappa shape index (κ1) is 13.0. The monoisotopic (exact) mass is 249 g/mol. The van der Waals surface area contributed by atoms with Crippen LogP contribution in [-0.2, 0) is 9.53 Å². The zero-order valence-corrected chi connectivity index (χ0v) is 10.8. The lowest BCUT2D eigenvalue weighted by Crippen LogP contribution is -2.45. The first-order chi connectivity index (χ1) is 8.77. The number of anilines is 1. The van der Waals surface area contributed by atoms with Crippen LogP contribution in [0.4, 0.5) is 5.69 Å². The molecule has 18 heavy (non-hydrogen) atoms. The van der Waals surface area contributed by atoms with E-state index in [0.717, 1.165) is 5.69 Å². The molecule has 1 aromatic heterocycles. The topological polar surface area (TPSA) is 54.5 Å². The van der Waals surface area contributed by atoms with Crippen LogP contribution >= 0.6 is 0 Å². The first-order valence-corrected chi connectivity index (χ1v) is 6.24. The van der Waals surface area contributed by atoms with Crippen molar-refractivity contribution in [3.8, 4) is 0 Å². The summed E-state index contributed by atoms with van der Waals surface area (Å²) in [6.45, 7) is 3.71. The van der Waals surface area contributed by atoms with E-state index >= 15 is 0 Å². The van der Waals surface area contributed by atoms with Crippen LogP contribution in [0, 0.1) is 5.92 Å². The van der Waals surface area contributed by atoms with Crippen molar-refractivity contribution in [3.63, 3.8) is 0 Å². The van der Waals surface area contributed by atoms with Crippen LogP contribution in [0.25, 0.3) is 0 Å². The fourth-order valence-corrected chi connectivity index (χ4v) is 2.27. The maximum absolute atomic E-state index is 12.5. The van der Waals surface area contributed by atoms with Gasteiger partial charge in [-0.15, -0.1) is 0 Å². The summed E-state index contributed by atoms with van der Waals surface area (Å²) in [5, 5.41) is 3.14. The number of rotatable bonds is 4. The van der Waals surface area contributed by atoms with Crippen molar-refractivity contribution >= 4 is 11.6 Å². The van der Waals surface area contributed by atoms with Crippen molar-refractivity contribution in [3.05, 3.63) is 24.5 Å². The van der Waals surface area contributed by atoms with Crippen LogP contribution in [-0.4, -0.2) is 43.7 Å². The molecule has 0 aliphatic carbocycles. The Bertz CT molecular complexity index is 396. The Morgan fingerprint density at radius 3 is 2.83 bits per heavy atom. The van der Waals surface area contributed by atoms with Crippen LogP contribution in [0.1, 0.15) is 6.92 Å². The highest BCUT2D eigenvalue weighted by molar-refractivity contribution is 5.95. The minimum atomic E-state index is -0.108. The molecule has 1 fully saturated rings. The number of pyridine rings is 1. The first-order valence-electron chi connectivity index (χ1n) is 6.24. The summed E-state index contributed by atoms with van der Waals surface area (Å²) in [7, 11) is 1.86. The highest BCUT2D eigenvalue weighted by atomic mass is 16.5. The van der Waals surface area contributed by atoms with Crippen LogP contribution in [0.5, 0.6) is 0 Å². The van der Waals surface area contributed by atoms with Crippen molar-refractivity contribution in [2.75, 3.05) is 31.7 Å². The molecule has 0 radical (unpaired) electrons. The van der Waals surface area contributed by atoms with E-state index in [1.807, 2.05) is 26.1 Å². The average molecular weight is 249 g/mol. The molecular weight excluding hydrogens is 230 g/mol. The van der Waals surface area contributed by atoms with Crippen LogP contribution in [0.2, 0.25) is 0 Å². The second-order valence-corrected chi connectivity index (χ2v) is 4.33. The molecule has 2 rings (SSSR count). The van der Waals surface area contributed by atoms with E-state index in [-0.39, 0.29) is 17.9 Å². The van der Waals surface area contributed by atoms with Gasteiger partial charge in [0.15, 0.2) is 0 Å². The van der Waals surface area contributed by atoms with Gasteiger partial charge in [-0.1, -0.05) is 0 Å². The Morgan fingerprint density at radius 1 is 1.50 bits per heavy atom. The van der Waals surface area contributed by atoms with E-state index in [1.54, 1.807) is 17.3 Å². The summed E-state index contributed by atoms with van der Waals surface area (Å²) in [5.74, 6) is 0.00339. The lowest BCUT2D eigenvalue weighted by molar-refractivity contribution is -0.122. The third-order valence-electron chi connectivity index (χ3n) is 3.33. The number of nitrogens with zero attached hydrogens (tertiary/aromatic N) is 2. The number of aromatic nitrogens is 1. The zero-order valence-electron chi connectivity index (χ0n) is 10.8. The molecular formula is C13H19N3O2. The van der Waals surface area contributed by atoms with Gasteiger partial charge in [0.1, 0.15) is 0 Å². The van der Waals surface area contributed by atoms with Gasteiger partial charge < -0.3 is 15.0 Å². The molecule has 1 N–H and O–H groups in total. The van der Waals surface area contributed by atoms with Crippen molar-refractivity contribution in [2.45, 2.75) is 13.0 Å². The number of hydrogen-bond acceptors (Lipinski definition) is 4. The number of nitrogens with one attached hydrogen (secondary N) is 1. The Balaban J connectivity index is 2.15. The standard InChI is InChI=1S/C13H19N3O2/c1-3-16(10-4-6-15-7-5-10)13(17)11-8-18-9-12(11)14-2/h4-7,11-12,14H,3,8-9H2,1-2H3. The van der Waals surface area contributed by atoms with Crippen LogP contribution in [0.3, 0.4) is 0 Å². The summed E-state index contributed by atoms with van der Waals surface area (Å²) in [4.78, 5) is 18.3. The predicted octanol–water partition coefficient (Wildman–Crippen LogP) is 0.669. The van der Waals surface area contributed by atoms with Crippen molar-refractivity contribution in [1.29, 1.82) is 0 Å². The fraction of sp³-hybridized carbons (Fsp3) is 0.538. The molecule has 2 unspecified atom stereocenters. The van der Waals surface area contributed by atoms with E-state index in [4.69, 9.17) is 4.74 Å². The maximum Gasteiger partial charge on any atom is 0.234 e. The minimum absolute atomic E-state index is 0.105. The Hall–Kier alpha value is -1.46. The molecule has 1 saturated heterocycles. The second kappa shape index (κ2) is 5.93. The molecule has 1 aliphatic rings. The lowest BCUT2D eigenvalue weighted by Gasteiger charge is -2.26.